The number of carbonyl (C=O) groups excluding carboxylic acids is 2. The van der Waals surface area contributed by atoms with Crippen molar-refractivity contribution in [2.24, 2.45) is 0 Å². The summed E-state index contributed by atoms with van der Waals surface area (Å²) in [5, 5.41) is 5.65. The lowest BCUT2D eigenvalue weighted by molar-refractivity contribution is -0.121. The van der Waals surface area contributed by atoms with Gasteiger partial charge in [-0.2, -0.15) is 0 Å². The Morgan fingerprint density at radius 3 is 2.76 bits per heavy atom. The molecule has 1 aromatic heterocycles. The van der Waals surface area contributed by atoms with Crippen molar-refractivity contribution in [2.75, 3.05) is 25.5 Å². The van der Waals surface area contributed by atoms with Crippen molar-refractivity contribution in [1.29, 1.82) is 0 Å². The molecular formula is C18H20N4O3. The Morgan fingerprint density at radius 1 is 1.28 bits per heavy atom. The van der Waals surface area contributed by atoms with Crippen molar-refractivity contribution in [2.45, 2.75) is 12.5 Å². The molecule has 0 unspecified atom stereocenters. The Balaban J connectivity index is 1.80. The highest BCUT2D eigenvalue weighted by atomic mass is 16.5. The Bertz CT molecular complexity index is 734. The van der Waals surface area contributed by atoms with Gasteiger partial charge in [0.05, 0.1) is 31.5 Å². The number of amides is 3. The van der Waals surface area contributed by atoms with E-state index in [9.17, 15) is 9.59 Å². The largest absolute Gasteiger partial charge is 0.481 e. The molecule has 2 heterocycles. The molecule has 1 aliphatic heterocycles. The van der Waals surface area contributed by atoms with Crippen LogP contribution in [-0.2, 0) is 4.79 Å². The van der Waals surface area contributed by atoms with Crippen LogP contribution in [0.5, 0.6) is 5.88 Å². The third kappa shape index (κ3) is 4.06. The molecule has 2 aromatic rings. The Morgan fingerprint density at radius 2 is 2.08 bits per heavy atom. The van der Waals surface area contributed by atoms with Crippen molar-refractivity contribution >= 4 is 17.6 Å². The maximum atomic E-state index is 12.8. The summed E-state index contributed by atoms with van der Waals surface area (Å²) in [7, 11) is 1.53. The molecule has 7 nitrogen and oxygen atoms in total. The van der Waals surface area contributed by atoms with Crippen molar-refractivity contribution in [3.63, 3.8) is 0 Å². The number of urea groups is 1. The number of methoxy groups -OCH3 is 1. The Labute approximate surface area is 146 Å². The Hall–Kier alpha value is -3.09. The van der Waals surface area contributed by atoms with Gasteiger partial charge < -0.3 is 20.3 Å². The van der Waals surface area contributed by atoms with Gasteiger partial charge in [-0.15, -0.1) is 0 Å². The average molecular weight is 340 g/mol. The molecule has 1 fully saturated rings. The quantitative estimate of drug-likeness (QED) is 0.897. The number of pyridine rings is 1. The lowest BCUT2D eigenvalue weighted by Crippen LogP contribution is -2.39. The fraction of sp³-hybridized carbons (Fsp3) is 0.278. The molecule has 3 rings (SSSR count). The first-order valence-corrected chi connectivity index (χ1v) is 8.06. The summed E-state index contributed by atoms with van der Waals surface area (Å²) >= 11 is 0. The van der Waals surface area contributed by atoms with E-state index in [0.29, 0.717) is 24.7 Å². The van der Waals surface area contributed by atoms with Gasteiger partial charge in [-0.3, -0.25) is 4.79 Å². The van der Waals surface area contributed by atoms with Gasteiger partial charge in [0.25, 0.3) is 0 Å². The first kappa shape index (κ1) is 16.8. The van der Waals surface area contributed by atoms with Crippen LogP contribution >= 0.6 is 0 Å². The highest BCUT2D eigenvalue weighted by Gasteiger charge is 2.29. The van der Waals surface area contributed by atoms with E-state index in [1.165, 1.54) is 13.3 Å². The van der Waals surface area contributed by atoms with Crippen molar-refractivity contribution < 1.29 is 14.3 Å². The van der Waals surface area contributed by atoms with E-state index in [2.05, 4.69) is 15.6 Å². The van der Waals surface area contributed by atoms with Crippen LogP contribution in [0.2, 0.25) is 0 Å². The van der Waals surface area contributed by atoms with Crippen LogP contribution in [-0.4, -0.2) is 42.0 Å². The lowest BCUT2D eigenvalue weighted by Gasteiger charge is -2.29. The van der Waals surface area contributed by atoms with Crippen molar-refractivity contribution in [3.05, 3.63) is 54.2 Å². The number of benzene rings is 1. The van der Waals surface area contributed by atoms with E-state index >= 15 is 0 Å². The van der Waals surface area contributed by atoms with Gasteiger partial charge in [-0.25, -0.2) is 9.78 Å². The predicted molar refractivity (Wildman–Crippen MR) is 93.3 cm³/mol. The second-order valence-electron chi connectivity index (χ2n) is 5.69. The predicted octanol–water partition coefficient (Wildman–Crippen LogP) is 2.19. The average Bonchev–Trinajstić information content (AvgIpc) is 2.84. The number of nitrogens with zero attached hydrogens (tertiary/aromatic N) is 2. The number of hydrogen-bond acceptors (Lipinski definition) is 4. The normalized spacial score (nSPS) is 17.4. The number of nitrogens with one attached hydrogen (secondary N) is 2. The zero-order valence-corrected chi connectivity index (χ0v) is 13.9. The first-order chi connectivity index (χ1) is 12.2. The summed E-state index contributed by atoms with van der Waals surface area (Å²) in [4.78, 5) is 30.5. The zero-order chi connectivity index (χ0) is 17.6. The van der Waals surface area contributed by atoms with Gasteiger partial charge in [0.1, 0.15) is 0 Å². The highest BCUT2D eigenvalue weighted by molar-refractivity contribution is 5.90. The van der Waals surface area contributed by atoms with Crippen LogP contribution in [0.25, 0.3) is 0 Å². The number of hydrogen-bond donors (Lipinski definition) is 2. The van der Waals surface area contributed by atoms with E-state index in [-0.39, 0.29) is 24.4 Å². The van der Waals surface area contributed by atoms with E-state index < -0.39 is 0 Å². The van der Waals surface area contributed by atoms with Crippen molar-refractivity contribution in [1.82, 2.24) is 15.2 Å². The van der Waals surface area contributed by atoms with Crippen LogP contribution in [0.1, 0.15) is 18.0 Å². The molecule has 25 heavy (non-hydrogen) atoms. The van der Waals surface area contributed by atoms with Crippen LogP contribution in [0.3, 0.4) is 0 Å². The fourth-order valence-electron chi connectivity index (χ4n) is 2.82. The van der Waals surface area contributed by atoms with Gasteiger partial charge in [-0.05, 0) is 11.6 Å². The molecule has 0 spiro atoms. The molecule has 0 saturated carbocycles. The highest BCUT2D eigenvalue weighted by Crippen LogP contribution is 2.26. The molecule has 130 valence electrons. The third-order valence-corrected chi connectivity index (χ3v) is 4.07. The van der Waals surface area contributed by atoms with E-state index in [4.69, 9.17) is 4.74 Å². The fourth-order valence-corrected chi connectivity index (χ4v) is 2.82. The van der Waals surface area contributed by atoms with E-state index in [1.54, 1.807) is 17.0 Å². The number of ether oxygens (including phenoxy) is 1. The summed E-state index contributed by atoms with van der Waals surface area (Å²) in [6, 6.07) is 12.4. The molecule has 1 atom stereocenters. The van der Waals surface area contributed by atoms with Gasteiger partial charge in [0.15, 0.2) is 0 Å². The number of rotatable bonds is 3. The van der Waals surface area contributed by atoms with Crippen molar-refractivity contribution in [3.8, 4) is 5.88 Å². The standard InChI is InChI=1S/C18H20N4O3/c1-25-17-8-7-14(12-20-17)21-18(24)22-10-9-19-16(23)11-15(22)13-5-3-2-4-6-13/h2-8,12,15H,9-11H2,1H3,(H,19,23)(H,21,24)/t15-/m1/s1. The van der Waals surface area contributed by atoms with Crippen LogP contribution < -0.4 is 15.4 Å². The smallest absolute Gasteiger partial charge is 0.322 e. The molecule has 2 N–H and O–H groups in total. The zero-order valence-electron chi connectivity index (χ0n) is 13.9. The van der Waals surface area contributed by atoms with Gasteiger partial charge in [-0.1, -0.05) is 30.3 Å². The third-order valence-electron chi connectivity index (χ3n) is 4.07. The summed E-state index contributed by atoms with van der Waals surface area (Å²) in [6.07, 6.45) is 1.77. The SMILES string of the molecule is COc1ccc(NC(=O)N2CCNC(=O)C[C@@H]2c2ccccc2)cn1. The minimum Gasteiger partial charge on any atom is -0.481 e. The number of anilines is 1. The van der Waals surface area contributed by atoms with Crippen LogP contribution in [0, 0.1) is 0 Å². The van der Waals surface area contributed by atoms with Gasteiger partial charge in [0, 0.05) is 19.2 Å². The summed E-state index contributed by atoms with van der Waals surface area (Å²) in [5.74, 6) is 0.417. The molecule has 0 bridgehead atoms. The Kier molecular flexibility index (Phi) is 5.13. The van der Waals surface area contributed by atoms with Crippen LogP contribution in [0.15, 0.2) is 48.7 Å². The minimum absolute atomic E-state index is 0.0599. The molecule has 1 aromatic carbocycles. The molecule has 0 aliphatic carbocycles. The number of carbonyl (C=O) groups is 2. The topological polar surface area (TPSA) is 83.6 Å². The van der Waals surface area contributed by atoms with Crippen LogP contribution in [0.4, 0.5) is 10.5 Å². The molecule has 7 heteroatoms. The summed E-state index contributed by atoms with van der Waals surface area (Å²) in [5.41, 5.74) is 1.50. The lowest BCUT2D eigenvalue weighted by atomic mass is 10.0. The molecule has 1 aliphatic rings. The second kappa shape index (κ2) is 7.65. The maximum absolute atomic E-state index is 12.8. The summed E-state index contributed by atoms with van der Waals surface area (Å²) in [6.45, 7) is 0.858. The van der Waals surface area contributed by atoms with Gasteiger partial charge >= 0.3 is 6.03 Å². The molecular weight excluding hydrogens is 320 g/mol. The minimum atomic E-state index is -0.310. The first-order valence-electron chi connectivity index (χ1n) is 8.06. The van der Waals surface area contributed by atoms with E-state index in [0.717, 1.165) is 5.56 Å². The molecule has 3 amide bonds. The molecule has 0 radical (unpaired) electrons. The van der Waals surface area contributed by atoms with Gasteiger partial charge in [0.2, 0.25) is 11.8 Å². The van der Waals surface area contributed by atoms with E-state index in [1.807, 2.05) is 30.3 Å². The second-order valence-corrected chi connectivity index (χ2v) is 5.69. The monoisotopic (exact) mass is 340 g/mol. The molecule has 1 saturated heterocycles. The maximum Gasteiger partial charge on any atom is 0.322 e. The number of aromatic nitrogens is 1. The summed E-state index contributed by atoms with van der Waals surface area (Å²) < 4.78 is 5.01.